The normalized spacial score (nSPS) is 11.4. The van der Waals surface area contributed by atoms with Gasteiger partial charge in [-0.25, -0.2) is 4.68 Å². The molecular weight excluding hydrogens is 256 g/mol. The zero-order chi connectivity index (χ0) is 14.4. The second-order valence-corrected chi connectivity index (χ2v) is 5.29. The molecule has 2 rings (SSSR count). The van der Waals surface area contributed by atoms with Crippen LogP contribution in [0.3, 0.4) is 0 Å². The van der Waals surface area contributed by atoms with Gasteiger partial charge in [0.15, 0.2) is 5.82 Å². The van der Waals surface area contributed by atoms with Crippen molar-refractivity contribution in [2.24, 2.45) is 5.92 Å². The van der Waals surface area contributed by atoms with Crippen molar-refractivity contribution in [1.29, 1.82) is 0 Å². The lowest BCUT2D eigenvalue weighted by Gasteiger charge is -2.04. The molecule has 0 radical (unpaired) electrons. The van der Waals surface area contributed by atoms with Gasteiger partial charge in [0, 0.05) is 13.0 Å². The predicted octanol–water partition coefficient (Wildman–Crippen LogP) is 1.41. The number of nitrogens with one attached hydrogen (secondary N) is 1. The molecule has 0 saturated heterocycles. The number of aromatic nitrogens is 5. The zero-order valence-electron chi connectivity index (χ0n) is 12.3. The van der Waals surface area contributed by atoms with Crippen LogP contribution >= 0.6 is 0 Å². The van der Waals surface area contributed by atoms with Crippen LogP contribution in [-0.4, -0.2) is 31.7 Å². The van der Waals surface area contributed by atoms with E-state index in [0.29, 0.717) is 24.2 Å². The first-order valence-corrected chi connectivity index (χ1v) is 7.08. The molecular formula is C13H22N6O. The largest absolute Gasteiger partial charge is 0.339 e. The third kappa shape index (κ3) is 4.41. The van der Waals surface area contributed by atoms with Crippen molar-refractivity contribution >= 4 is 0 Å². The standard InChI is InChI=1S/C13H22N6O/c1-4-5-13-15-12(17-20-13)9-19-8-11(16-18-19)7-14-6-10(2)3/h8,10,14H,4-7,9H2,1-3H3. The molecule has 0 bridgehead atoms. The van der Waals surface area contributed by atoms with E-state index in [1.165, 1.54) is 0 Å². The molecule has 0 saturated carbocycles. The molecule has 0 aromatic carbocycles. The summed E-state index contributed by atoms with van der Waals surface area (Å²) in [6, 6.07) is 0. The zero-order valence-corrected chi connectivity index (χ0v) is 12.3. The van der Waals surface area contributed by atoms with E-state index in [1.54, 1.807) is 4.68 Å². The summed E-state index contributed by atoms with van der Waals surface area (Å²) >= 11 is 0. The maximum absolute atomic E-state index is 5.14. The average Bonchev–Trinajstić information content (AvgIpc) is 3.00. The minimum atomic E-state index is 0.490. The third-order valence-electron chi connectivity index (χ3n) is 2.72. The Kier molecular flexibility index (Phi) is 5.23. The highest BCUT2D eigenvalue weighted by Gasteiger charge is 2.08. The Morgan fingerprint density at radius 2 is 2.25 bits per heavy atom. The minimum Gasteiger partial charge on any atom is -0.339 e. The minimum absolute atomic E-state index is 0.490. The second kappa shape index (κ2) is 7.14. The number of hydrogen-bond donors (Lipinski definition) is 1. The van der Waals surface area contributed by atoms with Crippen LogP contribution in [0.25, 0.3) is 0 Å². The van der Waals surface area contributed by atoms with E-state index in [4.69, 9.17) is 4.52 Å². The molecule has 2 aromatic heterocycles. The SMILES string of the molecule is CCCc1nc(Cn2cc(CNCC(C)C)nn2)no1. The first-order chi connectivity index (χ1) is 9.67. The molecule has 2 heterocycles. The van der Waals surface area contributed by atoms with Crippen molar-refractivity contribution in [2.45, 2.75) is 46.7 Å². The summed E-state index contributed by atoms with van der Waals surface area (Å²) in [4.78, 5) is 4.31. The lowest BCUT2D eigenvalue weighted by molar-refractivity contribution is 0.370. The van der Waals surface area contributed by atoms with Gasteiger partial charge in [0.2, 0.25) is 5.89 Å². The topological polar surface area (TPSA) is 81.7 Å². The van der Waals surface area contributed by atoms with Crippen LogP contribution in [0.4, 0.5) is 0 Å². The molecule has 20 heavy (non-hydrogen) atoms. The fourth-order valence-electron chi connectivity index (χ4n) is 1.80. The third-order valence-corrected chi connectivity index (χ3v) is 2.72. The van der Waals surface area contributed by atoms with Gasteiger partial charge < -0.3 is 9.84 Å². The molecule has 0 unspecified atom stereocenters. The van der Waals surface area contributed by atoms with Crippen LogP contribution in [0, 0.1) is 5.92 Å². The Morgan fingerprint density at radius 1 is 1.40 bits per heavy atom. The fraction of sp³-hybridized carbons (Fsp3) is 0.692. The summed E-state index contributed by atoms with van der Waals surface area (Å²) in [5.74, 6) is 1.95. The molecule has 0 spiro atoms. The molecule has 2 aromatic rings. The van der Waals surface area contributed by atoms with Crippen LogP contribution in [0.2, 0.25) is 0 Å². The molecule has 0 atom stereocenters. The number of aryl methyl sites for hydroxylation is 1. The molecule has 7 heteroatoms. The highest BCUT2D eigenvalue weighted by Crippen LogP contribution is 2.03. The summed E-state index contributed by atoms with van der Waals surface area (Å²) in [7, 11) is 0. The Balaban J connectivity index is 1.85. The number of rotatable bonds is 8. The van der Waals surface area contributed by atoms with E-state index in [-0.39, 0.29) is 0 Å². The van der Waals surface area contributed by atoms with Crippen LogP contribution in [0.15, 0.2) is 10.7 Å². The maximum Gasteiger partial charge on any atom is 0.226 e. The average molecular weight is 278 g/mol. The smallest absolute Gasteiger partial charge is 0.226 e. The fourth-order valence-corrected chi connectivity index (χ4v) is 1.80. The molecule has 1 N–H and O–H groups in total. The first kappa shape index (κ1) is 14.6. The lowest BCUT2D eigenvalue weighted by atomic mass is 10.2. The number of hydrogen-bond acceptors (Lipinski definition) is 6. The quantitative estimate of drug-likeness (QED) is 0.786. The van der Waals surface area contributed by atoms with Gasteiger partial charge in [0.1, 0.15) is 6.54 Å². The molecule has 0 amide bonds. The molecule has 0 aliphatic rings. The highest BCUT2D eigenvalue weighted by atomic mass is 16.5. The summed E-state index contributed by atoms with van der Waals surface area (Å²) < 4.78 is 6.87. The van der Waals surface area contributed by atoms with Gasteiger partial charge in [-0.15, -0.1) is 5.10 Å². The molecule has 110 valence electrons. The van der Waals surface area contributed by atoms with E-state index >= 15 is 0 Å². The second-order valence-electron chi connectivity index (χ2n) is 5.29. The Bertz CT molecular complexity index is 518. The predicted molar refractivity (Wildman–Crippen MR) is 74.0 cm³/mol. The highest BCUT2D eigenvalue weighted by molar-refractivity contribution is 4.94. The van der Waals surface area contributed by atoms with Gasteiger partial charge in [0.05, 0.1) is 11.9 Å². The van der Waals surface area contributed by atoms with E-state index < -0.39 is 0 Å². The van der Waals surface area contributed by atoms with E-state index in [9.17, 15) is 0 Å². The van der Waals surface area contributed by atoms with Crippen LogP contribution < -0.4 is 5.32 Å². The number of nitrogens with zero attached hydrogens (tertiary/aromatic N) is 5. The van der Waals surface area contributed by atoms with E-state index in [0.717, 1.165) is 31.6 Å². The summed E-state index contributed by atoms with van der Waals surface area (Å²) in [5, 5.41) is 15.5. The van der Waals surface area contributed by atoms with Crippen molar-refractivity contribution in [3.05, 3.63) is 23.6 Å². The summed E-state index contributed by atoms with van der Waals surface area (Å²) in [6.45, 7) is 8.62. The Morgan fingerprint density at radius 3 is 3.00 bits per heavy atom. The van der Waals surface area contributed by atoms with Gasteiger partial charge in [-0.1, -0.05) is 31.1 Å². The van der Waals surface area contributed by atoms with Crippen molar-refractivity contribution in [2.75, 3.05) is 6.54 Å². The maximum atomic E-state index is 5.14. The van der Waals surface area contributed by atoms with Crippen molar-refractivity contribution in [3.8, 4) is 0 Å². The van der Waals surface area contributed by atoms with Crippen molar-refractivity contribution < 1.29 is 4.52 Å². The van der Waals surface area contributed by atoms with Crippen molar-refractivity contribution in [3.63, 3.8) is 0 Å². The van der Waals surface area contributed by atoms with Gasteiger partial charge >= 0.3 is 0 Å². The molecule has 0 aliphatic heterocycles. The van der Waals surface area contributed by atoms with E-state index in [2.05, 4.69) is 46.5 Å². The molecule has 0 fully saturated rings. The summed E-state index contributed by atoms with van der Waals surface area (Å²) in [6.07, 6.45) is 3.72. The monoisotopic (exact) mass is 278 g/mol. The van der Waals surface area contributed by atoms with Gasteiger partial charge in [-0.2, -0.15) is 4.98 Å². The molecule has 0 aliphatic carbocycles. The lowest BCUT2D eigenvalue weighted by Crippen LogP contribution is -2.19. The Hall–Kier alpha value is -1.76. The van der Waals surface area contributed by atoms with Crippen LogP contribution in [-0.2, 0) is 19.5 Å². The van der Waals surface area contributed by atoms with Crippen LogP contribution in [0.5, 0.6) is 0 Å². The van der Waals surface area contributed by atoms with E-state index in [1.807, 2.05) is 6.20 Å². The first-order valence-electron chi connectivity index (χ1n) is 7.08. The van der Waals surface area contributed by atoms with Crippen molar-refractivity contribution in [1.82, 2.24) is 30.5 Å². The van der Waals surface area contributed by atoms with Crippen LogP contribution in [0.1, 0.15) is 44.6 Å². The van der Waals surface area contributed by atoms with Gasteiger partial charge in [-0.05, 0) is 18.9 Å². The summed E-state index contributed by atoms with van der Waals surface area (Å²) in [5.41, 5.74) is 0.919. The Labute approximate surface area is 118 Å². The van der Waals surface area contributed by atoms with Gasteiger partial charge in [0.25, 0.3) is 0 Å². The molecule has 7 nitrogen and oxygen atoms in total. The van der Waals surface area contributed by atoms with Gasteiger partial charge in [-0.3, -0.25) is 0 Å².